The van der Waals surface area contributed by atoms with Gasteiger partial charge in [0.2, 0.25) is 0 Å². The van der Waals surface area contributed by atoms with Gasteiger partial charge in [-0.3, -0.25) is 0 Å². The highest BCUT2D eigenvalue weighted by Crippen LogP contribution is 2.40. The fraction of sp³-hybridized carbons (Fsp3) is 0.381. The largest absolute Gasteiger partial charge is 0.485 e. The van der Waals surface area contributed by atoms with Crippen LogP contribution in [-0.2, 0) is 15.9 Å². The lowest BCUT2D eigenvalue weighted by molar-refractivity contribution is -0.105. The highest BCUT2D eigenvalue weighted by Gasteiger charge is 2.27. The van der Waals surface area contributed by atoms with Crippen LogP contribution in [0.2, 0.25) is 5.02 Å². The molecule has 0 bridgehead atoms. The number of halogens is 1. The number of ether oxygens (including phenoxy) is 4. The maximum absolute atomic E-state index is 11.7. The van der Waals surface area contributed by atoms with Gasteiger partial charge in [-0.25, -0.2) is 4.79 Å². The van der Waals surface area contributed by atoms with E-state index in [4.69, 9.17) is 30.5 Å². The van der Waals surface area contributed by atoms with Crippen LogP contribution >= 0.6 is 11.6 Å². The van der Waals surface area contributed by atoms with E-state index in [9.17, 15) is 4.79 Å². The van der Waals surface area contributed by atoms with E-state index >= 15 is 0 Å². The predicted molar refractivity (Wildman–Crippen MR) is 101 cm³/mol. The van der Waals surface area contributed by atoms with Gasteiger partial charge in [-0.05, 0) is 48.7 Å². The predicted octanol–water partition coefficient (Wildman–Crippen LogP) is 4.71. The van der Waals surface area contributed by atoms with Crippen molar-refractivity contribution in [2.24, 2.45) is 0 Å². The van der Waals surface area contributed by atoms with Crippen LogP contribution in [0.1, 0.15) is 46.9 Å². The van der Waals surface area contributed by atoms with Crippen LogP contribution in [0.25, 0.3) is 0 Å². The summed E-state index contributed by atoms with van der Waals surface area (Å²) in [5, 5.41) is 0.592. The van der Waals surface area contributed by atoms with Crippen LogP contribution in [0.3, 0.4) is 0 Å². The maximum Gasteiger partial charge on any atom is 0.337 e. The molecule has 27 heavy (non-hydrogen) atoms. The third kappa shape index (κ3) is 3.89. The number of methoxy groups -OCH3 is 1. The molecule has 2 atom stereocenters. The number of hydrogen-bond donors (Lipinski definition) is 0. The standard InChI is InChI=1S/C21H21ClO5/c1-24-21(23)13-5-8-18-14(10-13)11-19(27-18)16-7-6-15(12-17(16)22)26-20-4-2-3-9-25-20/h5-8,10,12,19-20H,2-4,9,11H2,1H3. The number of carbonyl (C=O) groups is 1. The zero-order valence-electron chi connectivity index (χ0n) is 15.1. The summed E-state index contributed by atoms with van der Waals surface area (Å²) in [5.41, 5.74) is 2.38. The molecule has 0 aliphatic carbocycles. The minimum absolute atomic E-state index is 0.194. The van der Waals surface area contributed by atoms with Gasteiger partial charge in [0, 0.05) is 18.4 Å². The molecule has 0 amide bonds. The van der Waals surface area contributed by atoms with Gasteiger partial charge in [0.15, 0.2) is 6.29 Å². The first kappa shape index (κ1) is 18.1. The number of rotatable bonds is 4. The van der Waals surface area contributed by atoms with Crippen molar-refractivity contribution in [3.8, 4) is 11.5 Å². The van der Waals surface area contributed by atoms with Crippen molar-refractivity contribution in [2.45, 2.75) is 38.1 Å². The lowest BCUT2D eigenvalue weighted by atomic mass is 10.0. The van der Waals surface area contributed by atoms with Gasteiger partial charge in [-0.15, -0.1) is 0 Å². The van der Waals surface area contributed by atoms with Gasteiger partial charge in [0.05, 0.1) is 24.3 Å². The smallest absolute Gasteiger partial charge is 0.337 e. The summed E-state index contributed by atoms with van der Waals surface area (Å²) in [5.74, 6) is 1.10. The van der Waals surface area contributed by atoms with Gasteiger partial charge in [0.1, 0.15) is 17.6 Å². The second-order valence-corrected chi connectivity index (χ2v) is 7.13. The van der Waals surface area contributed by atoms with E-state index in [0.29, 0.717) is 22.8 Å². The summed E-state index contributed by atoms with van der Waals surface area (Å²) in [6, 6.07) is 10.9. The molecule has 5 nitrogen and oxygen atoms in total. The Morgan fingerprint density at radius 2 is 2.07 bits per heavy atom. The summed E-state index contributed by atoms with van der Waals surface area (Å²) >= 11 is 6.50. The Balaban J connectivity index is 1.48. The fourth-order valence-corrected chi connectivity index (χ4v) is 3.76. The van der Waals surface area contributed by atoms with Crippen LogP contribution in [0.15, 0.2) is 36.4 Å². The number of hydrogen-bond acceptors (Lipinski definition) is 5. The van der Waals surface area contributed by atoms with Gasteiger partial charge in [-0.2, -0.15) is 0 Å². The lowest BCUT2D eigenvalue weighted by Crippen LogP contribution is -2.25. The van der Waals surface area contributed by atoms with E-state index in [0.717, 1.165) is 42.7 Å². The molecule has 1 saturated heterocycles. The molecule has 2 aliphatic heterocycles. The van der Waals surface area contributed by atoms with Crippen molar-refractivity contribution in [1.29, 1.82) is 0 Å². The van der Waals surface area contributed by atoms with Crippen molar-refractivity contribution in [3.63, 3.8) is 0 Å². The molecule has 142 valence electrons. The molecule has 4 rings (SSSR count). The average molecular weight is 389 g/mol. The molecule has 0 saturated carbocycles. The SMILES string of the molecule is COC(=O)c1ccc2c(c1)CC(c1ccc(OC3CCCCO3)cc1Cl)O2. The van der Waals surface area contributed by atoms with Crippen molar-refractivity contribution >= 4 is 17.6 Å². The Morgan fingerprint density at radius 3 is 2.81 bits per heavy atom. The van der Waals surface area contributed by atoms with Gasteiger partial charge in [-0.1, -0.05) is 17.7 Å². The van der Waals surface area contributed by atoms with Crippen LogP contribution in [-0.4, -0.2) is 26.0 Å². The summed E-state index contributed by atoms with van der Waals surface area (Å²) in [7, 11) is 1.37. The van der Waals surface area contributed by atoms with Gasteiger partial charge >= 0.3 is 5.97 Å². The molecule has 2 aliphatic rings. The Kier molecular flexibility index (Phi) is 5.23. The maximum atomic E-state index is 11.7. The molecule has 2 aromatic carbocycles. The average Bonchev–Trinajstić information content (AvgIpc) is 3.11. The van der Waals surface area contributed by atoms with Gasteiger partial charge in [0.25, 0.3) is 0 Å². The highest BCUT2D eigenvalue weighted by molar-refractivity contribution is 6.31. The summed E-state index contributed by atoms with van der Waals surface area (Å²) in [4.78, 5) is 11.7. The molecule has 2 aromatic rings. The monoisotopic (exact) mass is 388 g/mol. The number of fused-ring (bicyclic) bond motifs is 1. The molecule has 2 heterocycles. The Hall–Kier alpha value is -2.24. The Morgan fingerprint density at radius 1 is 1.19 bits per heavy atom. The van der Waals surface area contributed by atoms with Crippen LogP contribution in [0, 0.1) is 0 Å². The van der Waals surface area contributed by atoms with E-state index in [2.05, 4.69) is 0 Å². The zero-order valence-corrected chi connectivity index (χ0v) is 15.8. The minimum atomic E-state index is -0.356. The van der Waals surface area contributed by atoms with E-state index < -0.39 is 0 Å². The number of carbonyl (C=O) groups excluding carboxylic acids is 1. The molecule has 6 heteroatoms. The van der Waals surface area contributed by atoms with Crippen LogP contribution < -0.4 is 9.47 Å². The first-order valence-corrected chi connectivity index (χ1v) is 9.47. The van der Waals surface area contributed by atoms with E-state index in [1.54, 1.807) is 18.2 Å². The second kappa shape index (κ2) is 7.79. The summed E-state index contributed by atoms with van der Waals surface area (Å²) in [6.45, 7) is 0.734. The third-order valence-corrected chi connectivity index (χ3v) is 5.21. The van der Waals surface area contributed by atoms with Crippen LogP contribution in [0.5, 0.6) is 11.5 Å². The third-order valence-electron chi connectivity index (χ3n) is 4.88. The molecule has 0 N–H and O–H groups in total. The topological polar surface area (TPSA) is 54.0 Å². The first-order valence-electron chi connectivity index (χ1n) is 9.09. The lowest BCUT2D eigenvalue weighted by Gasteiger charge is -2.24. The minimum Gasteiger partial charge on any atom is -0.485 e. The highest BCUT2D eigenvalue weighted by atomic mass is 35.5. The zero-order chi connectivity index (χ0) is 18.8. The van der Waals surface area contributed by atoms with Crippen LogP contribution in [0.4, 0.5) is 0 Å². The number of esters is 1. The van der Waals surface area contributed by atoms with E-state index in [1.807, 2.05) is 18.2 Å². The second-order valence-electron chi connectivity index (χ2n) is 6.72. The first-order chi connectivity index (χ1) is 13.1. The Bertz CT molecular complexity index is 844. The molecule has 0 spiro atoms. The van der Waals surface area contributed by atoms with Crippen molar-refractivity contribution < 1.29 is 23.7 Å². The molecule has 1 fully saturated rings. The molecular formula is C21H21ClO5. The fourth-order valence-electron chi connectivity index (χ4n) is 3.47. The molecular weight excluding hydrogens is 368 g/mol. The number of benzene rings is 2. The summed E-state index contributed by atoms with van der Waals surface area (Å²) in [6.07, 6.45) is 3.33. The quantitative estimate of drug-likeness (QED) is 0.710. The van der Waals surface area contributed by atoms with Crippen molar-refractivity contribution in [1.82, 2.24) is 0 Å². The van der Waals surface area contributed by atoms with Crippen molar-refractivity contribution in [3.05, 3.63) is 58.1 Å². The van der Waals surface area contributed by atoms with E-state index in [1.165, 1.54) is 7.11 Å². The van der Waals surface area contributed by atoms with Gasteiger partial charge < -0.3 is 18.9 Å². The molecule has 0 radical (unpaired) electrons. The molecule has 2 unspecified atom stereocenters. The molecule has 0 aromatic heterocycles. The summed E-state index contributed by atoms with van der Waals surface area (Å²) < 4.78 is 22.3. The van der Waals surface area contributed by atoms with Crippen molar-refractivity contribution in [2.75, 3.05) is 13.7 Å². The van der Waals surface area contributed by atoms with E-state index in [-0.39, 0.29) is 18.4 Å². The Labute approximate surface area is 163 Å². The normalized spacial score (nSPS) is 21.3.